The fourth-order valence-corrected chi connectivity index (χ4v) is 2.07. The predicted octanol–water partition coefficient (Wildman–Crippen LogP) is -5.18. The Kier molecular flexibility index (Phi) is 9.73. The Morgan fingerprint density at radius 2 is 1.68 bits per heavy atom. The number of hydrogen-bond donors (Lipinski definition) is 10. The van der Waals surface area contributed by atoms with Crippen LogP contribution < -0.4 is 16.5 Å². The van der Waals surface area contributed by atoms with Crippen LogP contribution in [0.15, 0.2) is 24.3 Å². The van der Waals surface area contributed by atoms with Gasteiger partial charge in [0.1, 0.15) is 30.4 Å². The van der Waals surface area contributed by atoms with E-state index in [1.165, 1.54) is 24.3 Å². The van der Waals surface area contributed by atoms with Crippen LogP contribution in [0, 0.1) is 0 Å². The number of carboxylic acids is 1. The molecule has 0 aliphatic heterocycles. The molecule has 1 aromatic carbocycles. The molecule has 0 amide bonds. The first-order chi connectivity index (χ1) is 13.5. The highest BCUT2D eigenvalue weighted by Gasteiger charge is 2.30. The van der Waals surface area contributed by atoms with Gasteiger partial charge in [0.05, 0.1) is 14.6 Å². The molecule has 0 radical (unpaired) electrons. The van der Waals surface area contributed by atoms with Crippen molar-refractivity contribution in [2.45, 2.75) is 36.9 Å². The van der Waals surface area contributed by atoms with Crippen molar-refractivity contribution in [2.75, 3.05) is 13.2 Å². The van der Waals surface area contributed by atoms with Crippen LogP contribution in [-0.4, -0.2) is 97.4 Å². The van der Waals surface area contributed by atoms with Gasteiger partial charge < -0.3 is 40.7 Å². The summed E-state index contributed by atoms with van der Waals surface area (Å²) in [6.45, 7) is -1.51. The van der Waals surface area contributed by atoms with Crippen molar-refractivity contribution < 1.29 is 51.7 Å². The number of nitrogens with one attached hydrogen (secondary N) is 2. The number of carbonyl (C=O) groups is 1. The Bertz CT molecular complexity index is 640. The van der Waals surface area contributed by atoms with Gasteiger partial charge in [-0.1, -0.05) is 24.3 Å². The number of rotatable bonds is 13. The molecule has 10 N–H and O–H groups in total. The van der Waals surface area contributed by atoms with E-state index in [1.54, 1.807) is 0 Å². The summed E-state index contributed by atoms with van der Waals surface area (Å²) in [4.78, 5) is 16.2. The third kappa shape index (κ3) is 7.77. The summed E-state index contributed by atoms with van der Waals surface area (Å²) in [5.74, 6) is -1.57. The van der Waals surface area contributed by atoms with Crippen molar-refractivity contribution in [1.29, 1.82) is 0 Å². The molecule has 28 heavy (non-hydrogen) atoms. The second-order valence-corrected chi connectivity index (χ2v) is 5.91. The van der Waals surface area contributed by atoms with Gasteiger partial charge >= 0.3 is 13.1 Å². The third-order valence-corrected chi connectivity index (χ3v) is 3.77. The molecule has 0 aliphatic rings. The summed E-state index contributed by atoms with van der Waals surface area (Å²) in [6.07, 6.45) is -7.45. The van der Waals surface area contributed by atoms with E-state index in [0.29, 0.717) is 5.56 Å². The standard InChI is InChI=1S/C15H25BN2O10/c19-6-11(20)13(22)14(23)12(21)7-28-18-17-10(15(24)25)5-8-1-3-9(4-2-8)16(26)27/h1-4,10-14,17-23,26-27H,5-7H2,(H,24,25)/t10-,11+,12-,13-,14+/m0/s1/i10D. The van der Waals surface area contributed by atoms with E-state index >= 15 is 0 Å². The van der Waals surface area contributed by atoms with E-state index in [-0.39, 0.29) is 11.9 Å². The molecule has 0 fully saturated rings. The number of aliphatic carboxylic acids is 1. The minimum absolute atomic E-state index is 0.190. The van der Waals surface area contributed by atoms with Gasteiger partial charge in [-0.3, -0.25) is 9.63 Å². The molecule has 0 heterocycles. The van der Waals surface area contributed by atoms with E-state index in [1.807, 2.05) is 5.59 Å². The summed E-state index contributed by atoms with van der Waals surface area (Å²) in [5, 5.41) is 74.1. The van der Waals surface area contributed by atoms with Crippen LogP contribution in [0.5, 0.6) is 0 Å². The van der Waals surface area contributed by atoms with E-state index < -0.39 is 56.7 Å². The zero-order chi connectivity index (χ0) is 22.2. The van der Waals surface area contributed by atoms with Crippen LogP contribution in [0.4, 0.5) is 0 Å². The summed E-state index contributed by atoms with van der Waals surface area (Å²) in [5.41, 5.74) is 4.63. The van der Waals surface area contributed by atoms with Crippen LogP contribution in [0.25, 0.3) is 0 Å². The zero-order valence-corrected chi connectivity index (χ0v) is 14.7. The highest BCUT2D eigenvalue weighted by atomic mass is 16.7. The molecule has 0 unspecified atom stereocenters. The molecule has 0 bridgehead atoms. The second-order valence-electron chi connectivity index (χ2n) is 5.91. The monoisotopic (exact) mass is 405 g/mol. The predicted molar refractivity (Wildman–Crippen MR) is 94.7 cm³/mol. The van der Waals surface area contributed by atoms with Crippen LogP contribution in [0.3, 0.4) is 0 Å². The lowest BCUT2D eigenvalue weighted by atomic mass is 9.80. The molecule has 0 saturated carbocycles. The number of benzene rings is 1. The maximum Gasteiger partial charge on any atom is 0.488 e. The number of hydrogen-bond acceptors (Lipinski definition) is 11. The fraction of sp³-hybridized carbons (Fsp3) is 0.533. The molecule has 12 nitrogen and oxygen atoms in total. The minimum atomic E-state index is -2.31. The summed E-state index contributed by atoms with van der Waals surface area (Å²) < 4.78 is 8.01. The van der Waals surface area contributed by atoms with E-state index in [9.17, 15) is 30.3 Å². The lowest BCUT2D eigenvalue weighted by molar-refractivity contribution is -0.148. The SMILES string of the molecule is [2H][C@@](Cc1ccc(B(O)O)cc1)(NNOC[C@H](O)[C@@H](O)[C@@H](O)[C@H](O)CO)C(=O)O. The van der Waals surface area contributed by atoms with Crippen LogP contribution in [-0.2, 0) is 16.1 Å². The van der Waals surface area contributed by atoms with Crippen LogP contribution in [0.1, 0.15) is 6.93 Å². The first-order valence-corrected chi connectivity index (χ1v) is 8.17. The Labute approximate surface area is 162 Å². The highest BCUT2D eigenvalue weighted by Crippen LogP contribution is 2.05. The van der Waals surface area contributed by atoms with Gasteiger partial charge in [0.2, 0.25) is 0 Å². The van der Waals surface area contributed by atoms with Crippen LogP contribution >= 0.6 is 0 Å². The van der Waals surface area contributed by atoms with Crippen molar-refractivity contribution in [1.82, 2.24) is 11.0 Å². The second kappa shape index (κ2) is 12.0. The van der Waals surface area contributed by atoms with Crippen molar-refractivity contribution in [3.05, 3.63) is 29.8 Å². The van der Waals surface area contributed by atoms with Gasteiger partial charge in [-0.05, 0) is 17.4 Å². The molecule has 13 heteroatoms. The average Bonchev–Trinajstić information content (AvgIpc) is 2.69. The Hall–Kier alpha value is -1.65. The molecule has 1 rings (SSSR count). The molecule has 0 aliphatic carbocycles. The maximum absolute atomic E-state index is 11.4. The number of aliphatic hydroxyl groups is 5. The number of aliphatic hydroxyl groups excluding tert-OH is 5. The van der Waals surface area contributed by atoms with Gasteiger partial charge in [0.15, 0.2) is 0 Å². The lowest BCUT2D eigenvalue weighted by Gasteiger charge is -2.25. The van der Waals surface area contributed by atoms with Crippen molar-refractivity contribution in [3.63, 3.8) is 0 Å². The Morgan fingerprint density at radius 3 is 2.18 bits per heavy atom. The van der Waals surface area contributed by atoms with E-state index in [0.717, 1.165) is 0 Å². The Balaban J connectivity index is 2.58. The lowest BCUT2D eigenvalue weighted by Crippen LogP contribution is -2.50. The largest absolute Gasteiger partial charge is 0.488 e. The topological polar surface area (TPSA) is 212 Å². The summed E-state index contributed by atoms with van der Waals surface area (Å²) >= 11 is 0. The van der Waals surface area contributed by atoms with Gasteiger partial charge in [-0.25, -0.2) is 5.43 Å². The van der Waals surface area contributed by atoms with E-state index in [4.69, 9.17) is 21.4 Å². The third-order valence-electron chi connectivity index (χ3n) is 3.77. The maximum atomic E-state index is 11.4. The molecular weight excluding hydrogens is 379 g/mol. The molecule has 5 atom stereocenters. The van der Waals surface area contributed by atoms with Gasteiger partial charge in [-0.15, -0.1) is 5.59 Å². The first-order valence-electron chi connectivity index (χ1n) is 8.67. The highest BCUT2D eigenvalue weighted by molar-refractivity contribution is 6.58. The number of hydrazine groups is 1. The van der Waals surface area contributed by atoms with Gasteiger partial charge in [0, 0.05) is 0 Å². The zero-order valence-electron chi connectivity index (χ0n) is 15.7. The van der Waals surface area contributed by atoms with Gasteiger partial charge in [0.25, 0.3) is 0 Å². The molecule has 0 aromatic heterocycles. The van der Waals surface area contributed by atoms with E-state index in [2.05, 4.69) is 5.43 Å². The molecule has 0 saturated heterocycles. The molecule has 158 valence electrons. The quantitative estimate of drug-likeness (QED) is 0.0848. The van der Waals surface area contributed by atoms with Crippen molar-refractivity contribution >= 4 is 18.6 Å². The fourth-order valence-electron chi connectivity index (χ4n) is 2.07. The molecule has 0 spiro atoms. The minimum Gasteiger partial charge on any atom is -0.480 e. The summed E-state index contributed by atoms with van der Waals surface area (Å²) in [6, 6.07) is 3.23. The van der Waals surface area contributed by atoms with Crippen LogP contribution in [0.2, 0.25) is 0 Å². The number of carboxylic acid groups (broad SMARTS) is 1. The van der Waals surface area contributed by atoms with Crippen molar-refractivity contribution in [2.24, 2.45) is 0 Å². The van der Waals surface area contributed by atoms with Crippen molar-refractivity contribution in [3.8, 4) is 0 Å². The molecular formula is C15H25BN2O10. The normalized spacial score (nSPS) is 18.5. The van der Waals surface area contributed by atoms with Gasteiger partial charge in [-0.2, -0.15) is 0 Å². The Morgan fingerprint density at radius 1 is 1.11 bits per heavy atom. The molecule has 1 aromatic rings. The average molecular weight is 405 g/mol. The smallest absolute Gasteiger partial charge is 0.480 e. The summed E-state index contributed by atoms with van der Waals surface area (Å²) in [7, 11) is -1.68. The first kappa shape index (κ1) is 22.6.